The molecule has 1 aromatic heterocycles. The molecule has 0 aliphatic rings. The van der Waals surface area contributed by atoms with Gasteiger partial charge in [0, 0.05) is 12.7 Å². The highest BCUT2D eigenvalue weighted by atomic mass is 19.1. The SMILES string of the molecule is CNCc1cncc(Oc2ccc(F)c(C)c2)n1. The Balaban J connectivity index is 2.17. The molecule has 0 saturated carbocycles. The predicted octanol–water partition coefficient (Wildman–Crippen LogP) is 2.44. The molecule has 0 bridgehead atoms. The standard InChI is InChI=1S/C13H14FN3O/c1-9-5-11(3-4-12(9)14)18-13-8-16-7-10(17-13)6-15-2/h3-5,7-8,15H,6H2,1-2H3. The minimum Gasteiger partial charge on any atom is -0.437 e. The fourth-order valence-electron chi connectivity index (χ4n) is 1.50. The minimum absolute atomic E-state index is 0.252. The van der Waals surface area contributed by atoms with Crippen molar-refractivity contribution in [2.45, 2.75) is 13.5 Å². The molecule has 0 radical (unpaired) electrons. The lowest BCUT2D eigenvalue weighted by molar-refractivity contribution is 0.454. The molecule has 5 heteroatoms. The van der Waals surface area contributed by atoms with Crippen LogP contribution in [0.4, 0.5) is 4.39 Å². The lowest BCUT2D eigenvalue weighted by Gasteiger charge is -2.07. The van der Waals surface area contributed by atoms with E-state index in [0.29, 0.717) is 23.7 Å². The second-order valence-electron chi connectivity index (χ2n) is 3.89. The molecule has 1 N–H and O–H groups in total. The third kappa shape index (κ3) is 3.01. The second-order valence-corrected chi connectivity index (χ2v) is 3.89. The average Bonchev–Trinajstić information content (AvgIpc) is 2.35. The van der Waals surface area contributed by atoms with Gasteiger partial charge in [0.2, 0.25) is 5.88 Å². The van der Waals surface area contributed by atoms with Gasteiger partial charge in [0.1, 0.15) is 11.6 Å². The first-order valence-electron chi connectivity index (χ1n) is 5.58. The maximum Gasteiger partial charge on any atom is 0.238 e. The van der Waals surface area contributed by atoms with E-state index in [2.05, 4.69) is 15.3 Å². The van der Waals surface area contributed by atoms with Crippen molar-refractivity contribution < 1.29 is 9.13 Å². The van der Waals surface area contributed by atoms with Crippen molar-refractivity contribution in [2.75, 3.05) is 7.05 Å². The molecule has 0 saturated heterocycles. The summed E-state index contributed by atoms with van der Waals surface area (Å²) in [7, 11) is 1.83. The van der Waals surface area contributed by atoms with Crippen LogP contribution in [0.15, 0.2) is 30.6 Å². The van der Waals surface area contributed by atoms with Crippen LogP contribution < -0.4 is 10.1 Å². The molecule has 1 aromatic carbocycles. The summed E-state index contributed by atoms with van der Waals surface area (Å²) in [6.07, 6.45) is 3.19. The maximum atomic E-state index is 13.1. The van der Waals surface area contributed by atoms with Crippen molar-refractivity contribution in [3.05, 3.63) is 47.7 Å². The van der Waals surface area contributed by atoms with Crippen molar-refractivity contribution in [3.63, 3.8) is 0 Å². The fraction of sp³-hybridized carbons (Fsp3) is 0.231. The van der Waals surface area contributed by atoms with Crippen LogP contribution in [0.25, 0.3) is 0 Å². The van der Waals surface area contributed by atoms with Gasteiger partial charge in [0.15, 0.2) is 0 Å². The molecule has 0 atom stereocenters. The van der Waals surface area contributed by atoms with Gasteiger partial charge in [-0.15, -0.1) is 0 Å². The molecule has 0 fully saturated rings. The molecule has 2 rings (SSSR count). The minimum atomic E-state index is -0.252. The second kappa shape index (κ2) is 5.55. The summed E-state index contributed by atoms with van der Waals surface area (Å²) in [4.78, 5) is 8.31. The van der Waals surface area contributed by atoms with Gasteiger partial charge in [0.25, 0.3) is 0 Å². The van der Waals surface area contributed by atoms with Gasteiger partial charge >= 0.3 is 0 Å². The van der Waals surface area contributed by atoms with Crippen LogP contribution in [0, 0.1) is 12.7 Å². The maximum absolute atomic E-state index is 13.1. The predicted molar refractivity (Wildman–Crippen MR) is 66.0 cm³/mol. The van der Waals surface area contributed by atoms with E-state index in [9.17, 15) is 4.39 Å². The smallest absolute Gasteiger partial charge is 0.238 e. The topological polar surface area (TPSA) is 47.0 Å². The summed E-state index contributed by atoms with van der Waals surface area (Å²) in [5.74, 6) is 0.691. The van der Waals surface area contributed by atoms with Crippen molar-refractivity contribution in [2.24, 2.45) is 0 Å². The van der Waals surface area contributed by atoms with E-state index < -0.39 is 0 Å². The largest absolute Gasteiger partial charge is 0.437 e. The van der Waals surface area contributed by atoms with Gasteiger partial charge in [-0.3, -0.25) is 4.98 Å². The molecule has 4 nitrogen and oxygen atoms in total. The zero-order valence-electron chi connectivity index (χ0n) is 10.3. The fourth-order valence-corrected chi connectivity index (χ4v) is 1.50. The molecule has 18 heavy (non-hydrogen) atoms. The molecule has 2 aromatic rings. The quantitative estimate of drug-likeness (QED) is 0.901. The van der Waals surface area contributed by atoms with Crippen molar-refractivity contribution in [1.82, 2.24) is 15.3 Å². The highest BCUT2D eigenvalue weighted by Gasteiger charge is 2.03. The number of rotatable bonds is 4. The zero-order valence-corrected chi connectivity index (χ0v) is 10.3. The van der Waals surface area contributed by atoms with Crippen LogP contribution in [-0.4, -0.2) is 17.0 Å². The normalized spacial score (nSPS) is 10.4. The molecule has 0 amide bonds. The first-order chi connectivity index (χ1) is 8.69. The van der Waals surface area contributed by atoms with Gasteiger partial charge in [-0.2, -0.15) is 0 Å². The third-order valence-corrected chi connectivity index (χ3v) is 2.37. The van der Waals surface area contributed by atoms with Crippen LogP contribution in [0.5, 0.6) is 11.6 Å². The number of aromatic nitrogens is 2. The number of nitrogens with one attached hydrogen (secondary N) is 1. The van der Waals surface area contributed by atoms with Crippen molar-refractivity contribution >= 4 is 0 Å². The Morgan fingerprint density at radius 2 is 2.17 bits per heavy atom. The Bertz CT molecular complexity index is 546. The Morgan fingerprint density at radius 1 is 1.33 bits per heavy atom. The summed E-state index contributed by atoms with van der Waals surface area (Å²) < 4.78 is 18.6. The number of hydrogen-bond acceptors (Lipinski definition) is 4. The van der Waals surface area contributed by atoms with E-state index in [0.717, 1.165) is 5.69 Å². The van der Waals surface area contributed by atoms with Crippen LogP contribution in [-0.2, 0) is 6.54 Å². The summed E-state index contributed by atoms with van der Waals surface area (Å²) in [6.45, 7) is 2.30. The highest BCUT2D eigenvalue weighted by Crippen LogP contribution is 2.21. The van der Waals surface area contributed by atoms with E-state index in [1.807, 2.05) is 7.05 Å². The molecule has 1 heterocycles. The van der Waals surface area contributed by atoms with Crippen molar-refractivity contribution in [3.8, 4) is 11.6 Å². The first-order valence-corrected chi connectivity index (χ1v) is 5.58. The monoisotopic (exact) mass is 247 g/mol. The van der Waals surface area contributed by atoms with Crippen LogP contribution in [0.3, 0.4) is 0 Å². The third-order valence-electron chi connectivity index (χ3n) is 2.37. The Kier molecular flexibility index (Phi) is 3.84. The van der Waals surface area contributed by atoms with E-state index >= 15 is 0 Å². The lowest BCUT2D eigenvalue weighted by atomic mass is 10.2. The lowest BCUT2D eigenvalue weighted by Crippen LogP contribution is -2.07. The van der Waals surface area contributed by atoms with Crippen LogP contribution in [0.2, 0.25) is 0 Å². The molecule has 0 aliphatic heterocycles. The number of ether oxygens (including phenoxy) is 1. The molecule has 0 unspecified atom stereocenters. The van der Waals surface area contributed by atoms with Crippen LogP contribution in [0.1, 0.15) is 11.3 Å². The number of hydrogen-bond donors (Lipinski definition) is 1. The number of aryl methyl sites for hydroxylation is 1. The van der Waals surface area contributed by atoms with Gasteiger partial charge in [0.05, 0.1) is 11.9 Å². The summed E-state index contributed by atoms with van der Waals surface area (Å²) in [5, 5.41) is 2.98. The van der Waals surface area contributed by atoms with E-state index in [4.69, 9.17) is 4.74 Å². The number of benzene rings is 1. The molecular formula is C13H14FN3O. The summed E-state index contributed by atoms with van der Waals surface area (Å²) in [5.41, 5.74) is 1.32. The van der Waals surface area contributed by atoms with Crippen LogP contribution >= 0.6 is 0 Å². The van der Waals surface area contributed by atoms with Gasteiger partial charge in [-0.25, -0.2) is 9.37 Å². The van der Waals surface area contributed by atoms with Gasteiger partial charge in [-0.05, 0) is 37.7 Å². The first kappa shape index (κ1) is 12.4. The number of nitrogens with zero attached hydrogens (tertiary/aromatic N) is 2. The zero-order chi connectivity index (χ0) is 13.0. The molecule has 0 spiro atoms. The Hall–Kier alpha value is -2.01. The summed E-state index contributed by atoms with van der Waals surface area (Å²) in [6, 6.07) is 4.56. The van der Waals surface area contributed by atoms with Gasteiger partial charge < -0.3 is 10.1 Å². The summed E-state index contributed by atoms with van der Waals surface area (Å²) >= 11 is 0. The molecule has 94 valence electrons. The Morgan fingerprint density at radius 3 is 2.89 bits per heavy atom. The average molecular weight is 247 g/mol. The highest BCUT2D eigenvalue weighted by molar-refractivity contribution is 5.31. The van der Waals surface area contributed by atoms with Crippen molar-refractivity contribution in [1.29, 1.82) is 0 Å². The molecular weight excluding hydrogens is 233 g/mol. The Labute approximate surface area is 105 Å². The van der Waals surface area contributed by atoms with Gasteiger partial charge in [-0.1, -0.05) is 0 Å². The van der Waals surface area contributed by atoms with E-state index in [1.54, 1.807) is 25.3 Å². The molecule has 0 aliphatic carbocycles. The number of halogens is 1. The van der Waals surface area contributed by atoms with E-state index in [1.165, 1.54) is 12.3 Å². The van der Waals surface area contributed by atoms with E-state index in [-0.39, 0.29) is 5.82 Å².